The summed E-state index contributed by atoms with van der Waals surface area (Å²) in [5, 5.41) is 1.86. The summed E-state index contributed by atoms with van der Waals surface area (Å²) in [6, 6.07) is 11.4. The molecule has 5 rings (SSSR count). The van der Waals surface area contributed by atoms with Gasteiger partial charge >= 0.3 is 0 Å². The molecular weight excluding hydrogens is 348 g/mol. The summed E-state index contributed by atoms with van der Waals surface area (Å²) >= 11 is 0. The fraction of sp³-hybridized carbons (Fsp3) is 0.250. The van der Waals surface area contributed by atoms with Crippen molar-refractivity contribution in [2.45, 2.75) is 32.0 Å². The van der Waals surface area contributed by atoms with Crippen LogP contribution in [0.25, 0.3) is 22.1 Å². The quantitative estimate of drug-likeness (QED) is 0.650. The van der Waals surface area contributed by atoms with Gasteiger partial charge in [0.25, 0.3) is 11.8 Å². The van der Waals surface area contributed by atoms with Gasteiger partial charge in [-0.25, -0.2) is 9.88 Å². The van der Waals surface area contributed by atoms with E-state index in [1.54, 1.807) is 13.8 Å². The first-order chi connectivity index (χ1) is 12.9. The number of furan rings is 1. The van der Waals surface area contributed by atoms with Gasteiger partial charge in [-0.15, -0.1) is 0 Å². The van der Waals surface area contributed by atoms with Crippen molar-refractivity contribution in [1.82, 2.24) is 9.88 Å². The number of hydrogen-bond donors (Lipinski definition) is 0. The number of rotatable bonds is 2. The summed E-state index contributed by atoms with van der Waals surface area (Å²) in [4.78, 5) is 29.9. The number of imide groups is 1. The molecule has 2 atom stereocenters. The second kappa shape index (κ2) is 5.48. The van der Waals surface area contributed by atoms with Crippen molar-refractivity contribution in [3.63, 3.8) is 0 Å². The lowest BCUT2D eigenvalue weighted by Gasteiger charge is -2.25. The topological polar surface area (TPSA) is 81.9 Å². The number of nitrogens with zero attached hydrogens (tertiary/aromatic N) is 2. The van der Waals surface area contributed by atoms with E-state index in [1.807, 2.05) is 36.4 Å². The minimum Gasteiger partial charge on any atom is -0.438 e. The molecule has 2 aliphatic heterocycles. The van der Waals surface area contributed by atoms with Gasteiger partial charge in [-0.1, -0.05) is 18.2 Å². The zero-order valence-electron chi connectivity index (χ0n) is 14.7. The highest BCUT2D eigenvalue weighted by atomic mass is 16.8. The largest absolute Gasteiger partial charge is 0.438 e. The van der Waals surface area contributed by atoms with E-state index in [2.05, 4.69) is 4.98 Å². The summed E-state index contributed by atoms with van der Waals surface area (Å²) in [6.45, 7) is 3.47. The van der Waals surface area contributed by atoms with Crippen LogP contribution in [0.5, 0.6) is 0 Å². The Kier molecular flexibility index (Phi) is 3.28. The number of pyridine rings is 1. The molecule has 2 aromatic heterocycles. The van der Waals surface area contributed by atoms with Crippen LogP contribution in [0.3, 0.4) is 0 Å². The molecule has 0 spiro atoms. The van der Waals surface area contributed by atoms with Gasteiger partial charge in [-0.3, -0.25) is 9.59 Å². The molecule has 4 heterocycles. The van der Waals surface area contributed by atoms with Crippen molar-refractivity contribution < 1.29 is 23.5 Å². The van der Waals surface area contributed by atoms with Crippen LogP contribution in [-0.4, -0.2) is 33.7 Å². The second-order valence-corrected chi connectivity index (χ2v) is 7.01. The Bertz CT molecular complexity index is 1110. The smallest absolute Gasteiger partial charge is 0.255 e. The summed E-state index contributed by atoms with van der Waals surface area (Å²) in [5.74, 6) is -1.83. The fourth-order valence-corrected chi connectivity index (χ4v) is 3.58. The van der Waals surface area contributed by atoms with Crippen LogP contribution in [0.1, 0.15) is 25.6 Å². The number of hydrogen-bond acceptors (Lipinski definition) is 6. The molecule has 7 heteroatoms. The van der Waals surface area contributed by atoms with Gasteiger partial charge in [-0.05, 0) is 32.0 Å². The molecule has 27 heavy (non-hydrogen) atoms. The lowest BCUT2D eigenvalue weighted by Crippen LogP contribution is -2.43. The Hall–Kier alpha value is -3.03. The van der Waals surface area contributed by atoms with Crippen molar-refractivity contribution >= 4 is 33.9 Å². The first-order valence-electron chi connectivity index (χ1n) is 8.62. The molecule has 0 N–H and O–H groups in total. The first-order valence-corrected chi connectivity index (χ1v) is 8.62. The van der Waals surface area contributed by atoms with Crippen molar-refractivity contribution in [3.8, 4) is 0 Å². The number of benzene rings is 1. The summed E-state index contributed by atoms with van der Waals surface area (Å²) in [6.07, 6.45) is 0.836. The molecule has 0 bridgehead atoms. The third-order valence-electron chi connectivity index (χ3n) is 4.73. The molecule has 1 saturated heterocycles. The normalized spacial score (nSPS) is 24.6. The predicted octanol–water partition coefficient (Wildman–Crippen LogP) is 3.06. The second-order valence-electron chi connectivity index (χ2n) is 7.01. The highest BCUT2D eigenvalue weighted by Gasteiger charge is 2.49. The monoisotopic (exact) mass is 364 g/mol. The number of carbonyl (C=O) groups is 2. The summed E-state index contributed by atoms with van der Waals surface area (Å²) in [7, 11) is 0. The average molecular weight is 364 g/mol. The highest BCUT2D eigenvalue weighted by molar-refractivity contribution is 6.13. The van der Waals surface area contributed by atoms with Gasteiger partial charge < -0.3 is 13.9 Å². The van der Waals surface area contributed by atoms with Crippen LogP contribution in [0, 0.1) is 0 Å². The SMILES string of the molecule is CC1(C)O[C@H](c2ccc3c(n2)oc2ccccc23)[C@@H](N2C(=O)C=CC2=O)O1. The van der Waals surface area contributed by atoms with Crippen LogP contribution in [0.4, 0.5) is 0 Å². The fourth-order valence-electron chi connectivity index (χ4n) is 3.58. The molecule has 1 aromatic carbocycles. The number of ether oxygens (including phenoxy) is 2. The Labute approximate surface area is 154 Å². The van der Waals surface area contributed by atoms with Crippen LogP contribution in [0.2, 0.25) is 0 Å². The summed E-state index contributed by atoms with van der Waals surface area (Å²) in [5.41, 5.74) is 1.74. The minimum atomic E-state index is -0.969. The number of aromatic nitrogens is 1. The lowest BCUT2D eigenvalue weighted by molar-refractivity contribution is -0.170. The van der Waals surface area contributed by atoms with Gasteiger partial charge in [0.1, 0.15) is 11.7 Å². The zero-order valence-corrected chi connectivity index (χ0v) is 14.7. The molecule has 0 unspecified atom stereocenters. The summed E-state index contributed by atoms with van der Waals surface area (Å²) < 4.78 is 17.7. The van der Waals surface area contributed by atoms with Crippen molar-refractivity contribution in [2.24, 2.45) is 0 Å². The molecular formula is C20H16N2O5. The molecule has 0 radical (unpaired) electrons. The van der Waals surface area contributed by atoms with E-state index in [-0.39, 0.29) is 0 Å². The molecule has 2 amide bonds. The van der Waals surface area contributed by atoms with E-state index >= 15 is 0 Å². The standard InChI is InChI=1S/C20H16N2O5/c1-20(2)26-17(19(27-20)22-15(23)9-10-16(22)24)13-8-7-12-11-5-3-4-6-14(11)25-18(12)21-13/h3-10,17,19H,1-2H3/t17-,19+/m1/s1. The molecule has 0 saturated carbocycles. The Morgan fingerprint density at radius 3 is 2.48 bits per heavy atom. The first kappa shape index (κ1) is 16.2. The van der Waals surface area contributed by atoms with Crippen LogP contribution in [0.15, 0.2) is 53.0 Å². The molecule has 136 valence electrons. The number of amides is 2. The number of para-hydroxylation sites is 1. The van der Waals surface area contributed by atoms with Gasteiger partial charge in [0.05, 0.1) is 5.69 Å². The molecule has 2 aliphatic rings. The lowest BCUT2D eigenvalue weighted by atomic mass is 10.1. The van der Waals surface area contributed by atoms with Gasteiger partial charge in [0, 0.05) is 22.9 Å². The van der Waals surface area contributed by atoms with Crippen LogP contribution in [-0.2, 0) is 19.1 Å². The average Bonchev–Trinajstić information content (AvgIpc) is 3.27. The van der Waals surface area contributed by atoms with E-state index in [0.717, 1.165) is 21.3 Å². The van der Waals surface area contributed by atoms with E-state index in [4.69, 9.17) is 13.9 Å². The number of carbonyl (C=O) groups excluding carboxylic acids is 2. The van der Waals surface area contributed by atoms with E-state index in [0.29, 0.717) is 11.4 Å². The Morgan fingerprint density at radius 1 is 0.963 bits per heavy atom. The maximum absolute atomic E-state index is 12.1. The van der Waals surface area contributed by atoms with E-state index in [9.17, 15) is 9.59 Å². The van der Waals surface area contributed by atoms with Gasteiger partial charge in [0.2, 0.25) is 5.71 Å². The van der Waals surface area contributed by atoms with Crippen molar-refractivity contribution in [1.29, 1.82) is 0 Å². The zero-order chi connectivity index (χ0) is 18.8. The Morgan fingerprint density at radius 2 is 1.70 bits per heavy atom. The number of fused-ring (bicyclic) bond motifs is 3. The van der Waals surface area contributed by atoms with Crippen molar-refractivity contribution in [3.05, 3.63) is 54.2 Å². The maximum atomic E-state index is 12.1. The molecule has 1 fully saturated rings. The van der Waals surface area contributed by atoms with Gasteiger partial charge in [0.15, 0.2) is 12.0 Å². The molecule has 7 nitrogen and oxygen atoms in total. The Balaban J connectivity index is 1.59. The van der Waals surface area contributed by atoms with Crippen LogP contribution < -0.4 is 0 Å². The molecule has 3 aromatic rings. The van der Waals surface area contributed by atoms with Gasteiger partial charge in [-0.2, -0.15) is 0 Å². The maximum Gasteiger partial charge on any atom is 0.255 e. The van der Waals surface area contributed by atoms with Crippen LogP contribution >= 0.6 is 0 Å². The third kappa shape index (κ3) is 2.47. The van der Waals surface area contributed by atoms with Crippen molar-refractivity contribution in [2.75, 3.05) is 0 Å². The van der Waals surface area contributed by atoms with E-state index in [1.165, 1.54) is 12.2 Å². The molecule has 0 aliphatic carbocycles. The minimum absolute atomic E-state index is 0.430. The van der Waals surface area contributed by atoms with E-state index < -0.39 is 29.9 Å². The highest BCUT2D eigenvalue weighted by Crippen LogP contribution is 2.41. The third-order valence-corrected chi connectivity index (χ3v) is 4.73. The predicted molar refractivity (Wildman–Crippen MR) is 95.3 cm³/mol.